The number of H-pyrrole nitrogens is 2. The molecular weight excluding hydrogens is 829 g/mol. The molecule has 3 aliphatic heterocycles. The van der Waals surface area contributed by atoms with Crippen molar-refractivity contribution < 1.29 is 38.1 Å². The van der Waals surface area contributed by atoms with Crippen molar-refractivity contribution in [3.63, 3.8) is 0 Å². The average Bonchev–Trinajstić information content (AvgIpc) is 3.79. The first-order valence-electron chi connectivity index (χ1n) is 22.2. The SMILES string of the molecule is COC[C@H]1C[C@@H](c2nc3ccc4cc5c(cc4c3[nH]2)OCc2cc(-c3cnc([C@@H]4CC6C[C@H]6N4C(=O)[C@@H](NC(=O)OC)C(C)C)[nH]3)ccc2-5)N(C(=O)[C@H](NC(=O)OC)c2ccccc2)C1. The standard InChI is InChI=1S/C49H52N8O8/c1-25(2)41(54-48(60)63-4)47(59)57-37-18-30(37)19-39(57)44-50-21-36(52-44)29-11-13-32-31(16-29)24-65-40-20-33-28(17-34(32)40)12-14-35-43(33)53-45(51-35)38-15-26(23-62-3)22-56(38)46(58)42(55-49(61)64-5)27-9-7-6-8-10-27/h6-14,16-17,20-21,25-26,30,37-39,41-42H,15,18-19,22-24H2,1-5H3,(H,50,52)(H,51,53)(H,54,60)(H,55,61)/t26-,30?,37+,38-,39-,41-,42+/m0/s1. The van der Waals surface area contributed by atoms with Gasteiger partial charge in [0.25, 0.3) is 5.91 Å². The highest BCUT2D eigenvalue weighted by molar-refractivity contribution is 6.07. The summed E-state index contributed by atoms with van der Waals surface area (Å²) in [5, 5.41) is 7.44. The minimum Gasteiger partial charge on any atom is -0.488 e. The number of methoxy groups -OCH3 is 3. The maximum absolute atomic E-state index is 14.4. The fourth-order valence-electron chi connectivity index (χ4n) is 10.2. The van der Waals surface area contributed by atoms with Crippen LogP contribution in [0, 0.1) is 17.8 Å². The second-order valence-corrected chi connectivity index (χ2v) is 18.0. The zero-order valence-electron chi connectivity index (χ0n) is 36.9. The van der Waals surface area contributed by atoms with E-state index < -0.39 is 30.3 Å². The molecule has 3 fully saturated rings. The summed E-state index contributed by atoms with van der Waals surface area (Å²) in [5.41, 5.74) is 7.15. The number of hydrogen-bond donors (Lipinski definition) is 4. The van der Waals surface area contributed by atoms with E-state index in [0.29, 0.717) is 43.5 Å². The number of alkyl carbamates (subject to hydrolysis) is 2. The number of nitrogens with zero attached hydrogens (tertiary/aromatic N) is 4. The summed E-state index contributed by atoms with van der Waals surface area (Å²) in [6, 6.07) is 21.6. The van der Waals surface area contributed by atoms with Gasteiger partial charge in [-0.25, -0.2) is 19.6 Å². The molecule has 0 radical (unpaired) electrons. The van der Waals surface area contributed by atoms with Crippen LogP contribution >= 0.6 is 0 Å². The van der Waals surface area contributed by atoms with E-state index in [1.165, 1.54) is 14.2 Å². The monoisotopic (exact) mass is 880 g/mol. The van der Waals surface area contributed by atoms with E-state index in [1.807, 2.05) is 61.3 Å². The van der Waals surface area contributed by atoms with Gasteiger partial charge in [-0.2, -0.15) is 0 Å². The lowest BCUT2D eigenvalue weighted by molar-refractivity contribution is -0.137. The predicted octanol–water partition coefficient (Wildman–Crippen LogP) is 7.34. The maximum Gasteiger partial charge on any atom is 0.407 e. The molecule has 7 atom stereocenters. The zero-order chi connectivity index (χ0) is 45.1. The lowest BCUT2D eigenvalue weighted by atomic mass is 9.92. The van der Waals surface area contributed by atoms with Gasteiger partial charge in [-0.1, -0.05) is 62.4 Å². The molecular formula is C49H52N8O8. The lowest BCUT2D eigenvalue weighted by Crippen LogP contribution is -2.52. The van der Waals surface area contributed by atoms with Crippen LogP contribution in [0.1, 0.15) is 74.0 Å². The molecule has 336 valence electrons. The van der Waals surface area contributed by atoms with Crippen LogP contribution in [-0.2, 0) is 30.4 Å². The van der Waals surface area contributed by atoms with Crippen LogP contribution in [0.5, 0.6) is 5.75 Å². The second kappa shape index (κ2) is 16.9. The maximum atomic E-state index is 14.4. The largest absolute Gasteiger partial charge is 0.488 e. The number of fused-ring (bicyclic) bond motifs is 7. The molecule has 2 saturated heterocycles. The van der Waals surface area contributed by atoms with Crippen molar-refractivity contribution in [3.8, 4) is 28.1 Å². The number of carbonyl (C=O) groups is 4. The van der Waals surface area contributed by atoms with Crippen molar-refractivity contribution in [2.45, 2.75) is 69.9 Å². The van der Waals surface area contributed by atoms with E-state index in [-0.39, 0.29) is 35.7 Å². The number of benzene rings is 4. The summed E-state index contributed by atoms with van der Waals surface area (Å²) < 4.78 is 21.7. The van der Waals surface area contributed by atoms with Gasteiger partial charge >= 0.3 is 12.2 Å². The Labute approximate surface area is 375 Å². The summed E-state index contributed by atoms with van der Waals surface area (Å²) in [5.74, 6) is 2.13. The Kier molecular flexibility index (Phi) is 10.9. The van der Waals surface area contributed by atoms with Crippen molar-refractivity contribution >= 4 is 45.8 Å². The average molecular weight is 881 g/mol. The number of aromatic nitrogens is 4. The summed E-state index contributed by atoms with van der Waals surface area (Å²) in [6.45, 7) is 5.11. The third-order valence-electron chi connectivity index (χ3n) is 13.6. The number of piperidine rings is 1. The van der Waals surface area contributed by atoms with E-state index in [4.69, 9.17) is 28.9 Å². The van der Waals surface area contributed by atoms with E-state index in [2.05, 4.69) is 57.0 Å². The first-order chi connectivity index (χ1) is 31.5. The third kappa shape index (κ3) is 7.68. The first-order valence-corrected chi connectivity index (χ1v) is 22.2. The Bertz CT molecular complexity index is 2820. The smallest absolute Gasteiger partial charge is 0.407 e. The van der Waals surface area contributed by atoms with E-state index in [9.17, 15) is 19.2 Å². The molecule has 0 spiro atoms. The number of aromatic amines is 2. The van der Waals surface area contributed by atoms with Crippen LogP contribution in [0.2, 0.25) is 0 Å². The van der Waals surface area contributed by atoms with Gasteiger partial charge in [-0.15, -0.1) is 0 Å². The van der Waals surface area contributed by atoms with E-state index in [1.54, 1.807) is 12.0 Å². The topological polar surface area (TPSA) is 193 Å². The van der Waals surface area contributed by atoms with Crippen LogP contribution in [0.25, 0.3) is 44.2 Å². The van der Waals surface area contributed by atoms with Gasteiger partial charge in [0, 0.05) is 36.6 Å². The van der Waals surface area contributed by atoms with Crippen LogP contribution in [-0.4, -0.2) is 100 Å². The van der Waals surface area contributed by atoms with Crippen molar-refractivity contribution in [2.24, 2.45) is 17.8 Å². The molecule has 1 saturated carbocycles. The molecule has 1 unspecified atom stereocenters. The van der Waals surface area contributed by atoms with Crippen LogP contribution in [0.3, 0.4) is 0 Å². The van der Waals surface area contributed by atoms with Crippen LogP contribution < -0.4 is 15.4 Å². The second-order valence-electron chi connectivity index (χ2n) is 18.0. The molecule has 4 amide bonds. The van der Waals surface area contributed by atoms with Crippen molar-refractivity contribution in [1.82, 2.24) is 40.4 Å². The molecule has 4 aromatic carbocycles. The summed E-state index contributed by atoms with van der Waals surface area (Å²) in [7, 11) is 4.23. The van der Waals surface area contributed by atoms with Crippen molar-refractivity contribution in [3.05, 3.63) is 102 Å². The summed E-state index contributed by atoms with van der Waals surface area (Å²) in [4.78, 5) is 73.6. The number of amides is 4. The summed E-state index contributed by atoms with van der Waals surface area (Å²) in [6.07, 6.45) is 2.91. The molecule has 5 heterocycles. The number of carbonyl (C=O) groups excluding carboxylic acids is 4. The molecule has 4 N–H and O–H groups in total. The lowest BCUT2D eigenvalue weighted by Gasteiger charge is -2.31. The quantitative estimate of drug-likeness (QED) is 0.102. The molecule has 65 heavy (non-hydrogen) atoms. The molecule has 6 aromatic rings. The molecule has 4 aliphatic rings. The summed E-state index contributed by atoms with van der Waals surface area (Å²) >= 11 is 0. The normalized spacial score (nSPS) is 21.6. The van der Waals surface area contributed by atoms with Gasteiger partial charge in [0.05, 0.1) is 55.8 Å². The van der Waals surface area contributed by atoms with Crippen molar-refractivity contribution in [1.29, 1.82) is 0 Å². The molecule has 0 bridgehead atoms. The number of imidazole rings is 2. The minimum atomic E-state index is -0.954. The van der Waals surface area contributed by atoms with Gasteiger partial charge in [0.2, 0.25) is 5.91 Å². The third-order valence-corrected chi connectivity index (χ3v) is 13.6. The van der Waals surface area contributed by atoms with E-state index >= 15 is 0 Å². The van der Waals surface area contributed by atoms with Gasteiger partial charge in [-0.05, 0) is 83.0 Å². The Balaban J connectivity index is 0.914. The Morgan fingerprint density at radius 3 is 2.42 bits per heavy atom. The molecule has 1 aliphatic carbocycles. The number of likely N-dealkylation sites (tertiary alicyclic amines) is 2. The molecule has 16 heteroatoms. The zero-order valence-corrected chi connectivity index (χ0v) is 36.9. The molecule has 10 rings (SSSR count). The highest BCUT2D eigenvalue weighted by Crippen LogP contribution is 2.53. The number of nitrogens with one attached hydrogen (secondary N) is 4. The van der Waals surface area contributed by atoms with Gasteiger partial charge in [0.1, 0.15) is 36.1 Å². The van der Waals surface area contributed by atoms with Gasteiger partial charge in [-0.3, -0.25) is 9.59 Å². The number of rotatable bonds is 11. The fraction of sp³-hybridized carbons (Fsp3) is 0.388. The van der Waals surface area contributed by atoms with Crippen molar-refractivity contribution in [2.75, 3.05) is 34.5 Å². The molecule has 16 nitrogen and oxygen atoms in total. The Hall–Kier alpha value is -6.94. The Morgan fingerprint density at radius 2 is 1.65 bits per heavy atom. The van der Waals surface area contributed by atoms with Crippen LogP contribution in [0.15, 0.2) is 79.0 Å². The Morgan fingerprint density at radius 1 is 0.846 bits per heavy atom. The first kappa shape index (κ1) is 42.0. The van der Waals surface area contributed by atoms with Crippen LogP contribution in [0.4, 0.5) is 9.59 Å². The van der Waals surface area contributed by atoms with Gasteiger partial charge < -0.3 is 49.3 Å². The predicted molar refractivity (Wildman–Crippen MR) is 240 cm³/mol. The fourth-order valence-corrected chi connectivity index (χ4v) is 10.2. The highest BCUT2D eigenvalue weighted by Gasteiger charge is 2.56. The van der Waals surface area contributed by atoms with E-state index in [0.717, 1.165) is 74.2 Å². The molecule has 2 aromatic heterocycles. The highest BCUT2D eigenvalue weighted by atomic mass is 16.5. The number of ether oxygens (including phenoxy) is 4. The van der Waals surface area contributed by atoms with Gasteiger partial charge in [0.15, 0.2) is 0 Å². The number of hydrogen-bond acceptors (Lipinski definition) is 10. The minimum absolute atomic E-state index is 0.0597.